The molecule has 2 aromatic rings. The topological polar surface area (TPSA) is 64.4 Å². The molecule has 0 radical (unpaired) electrons. The molecule has 0 saturated carbocycles. The van der Waals surface area contributed by atoms with Gasteiger partial charge in [0.2, 0.25) is 5.76 Å². The monoisotopic (exact) mass is 272 g/mol. The van der Waals surface area contributed by atoms with Crippen LogP contribution < -0.4 is 10.1 Å². The summed E-state index contributed by atoms with van der Waals surface area (Å²) in [6, 6.07) is 7.77. The minimum absolute atomic E-state index is 0.0213. The molecule has 20 heavy (non-hydrogen) atoms. The summed E-state index contributed by atoms with van der Waals surface area (Å²) < 4.78 is 10.3. The molecule has 0 fully saturated rings. The van der Waals surface area contributed by atoms with Crippen LogP contribution in [-0.2, 0) is 12.8 Å². The normalized spacial score (nSPS) is 14.4. The van der Waals surface area contributed by atoms with Gasteiger partial charge < -0.3 is 14.6 Å². The van der Waals surface area contributed by atoms with Crippen LogP contribution in [-0.4, -0.2) is 23.7 Å². The summed E-state index contributed by atoms with van der Waals surface area (Å²) in [5.74, 6) is 0.978. The molecule has 5 nitrogen and oxygen atoms in total. The van der Waals surface area contributed by atoms with Crippen molar-refractivity contribution >= 4 is 5.91 Å². The minimum Gasteiger partial charge on any atom is -0.493 e. The molecular weight excluding hydrogens is 256 g/mol. The number of rotatable bonds is 4. The molecule has 5 heteroatoms. The van der Waals surface area contributed by atoms with Crippen LogP contribution in [0.4, 0.5) is 0 Å². The van der Waals surface area contributed by atoms with E-state index in [-0.39, 0.29) is 17.7 Å². The molecule has 1 aliphatic heterocycles. The predicted octanol–water partition coefficient (Wildman–Crippen LogP) is 1.97. The summed E-state index contributed by atoms with van der Waals surface area (Å²) in [5, 5.41) is 6.42. The van der Waals surface area contributed by atoms with Crippen molar-refractivity contribution < 1.29 is 14.1 Å². The summed E-state index contributed by atoms with van der Waals surface area (Å²) in [7, 11) is 0. The lowest BCUT2D eigenvalue weighted by atomic mass is 10.0. The number of hydrogen-bond donors (Lipinski definition) is 1. The summed E-state index contributed by atoms with van der Waals surface area (Å²) in [6.07, 6.45) is 3.19. The lowest BCUT2D eigenvalue weighted by Gasteiger charge is -2.13. The molecule has 1 unspecified atom stereocenters. The van der Waals surface area contributed by atoms with E-state index in [1.807, 2.05) is 19.1 Å². The number of ether oxygens (including phenoxy) is 1. The standard InChI is InChI=1S/C15H16N2O3/c1-10(17-15(18)14-4-6-16-20-14)8-11-2-3-13-12(9-11)5-7-19-13/h2-4,6,9-10H,5,7-8H2,1H3,(H,17,18). The number of nitrogens with one attached hydrogen (secondary N) is 1. The van der Waals surface area contributed by atoms with E-state index in [9.17, 15) is 4.79 Å². The molecular formula is C15H16N2O3. The SMILES string of the molecule is CC(Cc1ccc2c(c1)CCO2)NC(=O)c1ccno1. The van der Waals surface area contributed by atoms with Crippen molar-refractivity contribution in [3.63, 3.8) is 0 Å². The van der Waals surface area contributed by atoms with Gasteiger partial charge in [0.05, 0.1) is 12.8 Å². The fraction of sp³-hybridized carbons (Fsp3) is 0.333. The third-order valence-corrected chi connectivity index (χ3v) is 3.33. The van der Waals surface area contributed by atoms with Gasteiger partial charge >= 0.3 is 0 Å². The third-order valence-electron chi connectivity index (χ3n) is 3.33. The molecule has 0 aliphatic carbocycles. The van der Waals surface area contributed by atoms with Crippen molar-refractivity contribution in [3.05, 3.63) is 47.3 Å². The lowest BCUT2D eigenvalue weighted by Crippen LogP contribution is -2.33. The predicted molar refractivity (Wildman–Crippen MR) is 72.8 cm³/mol. The molecule has 1 amide bonds. The number of hydrogen-bond acceptors (Lipinski definition) is 4. The summed E-state index contributed by atoms with van der Waals surface area (Å²) >= 11 is 0. The molecule has 1 N–H and O–H groups in total. The smallest absolute Gasteiger partial charge is 0.290 e. The van der Waals surface area contributed by atoms with E-state index >= 15 is 0 Å². The first kappa shape index (κ1) is 12.7. The third kappa shape index (κ3) is 2.66. The van der Waals surface area contributed by atoms with Gasteiger partial charge in [-0.05, 0) is 30.5 Å². The number of benzene rings is 1. The highest BCUT2D eigenvalue weighted by molar-refractivity contribution is 5.91. The number of fused-ring (bicyclic) bond motifs is 1. The van der Waals surface area contributed by atoms with Crippen molar-refractivity contribution in [1.82, 2.24) is 10.5 Å². The van der Waals surface area contributed by atoms with E-state index in [0.717, 1.165) is 25.2 Å². The highest BCUT2D eigenvalue weighted by atomic mass is 16.5. The molecule has 2 heterocycles. The Morgan fingerprint density at radius 2 is 2.35 bits per heavy atom. The highest BCUT2D eigenvalue weighted by Gasteiger charge is 2.15. The van der Waals surface area contributed by atoms with Crippen LogP contribution >= 0.6 is 0 Å². The van der Waals surface area contributed by atoms with Crippen LogP contribution in [0.25, 0.3) is 0 Å². The van der Waals surface area contributed by atoms with Gasteiger partial charge in [-0.2, -0.15) is 0 Å². The van der Waals surface area contributed by atoms with Crippen molar-refractivity contribution in [1.29, 1.82) is 0 Å². The Kier molecular flexibility index (Phi) is 3.41. The van der Waals surface area contributed by atoms with Crippen LogP contribution in [0.2, 0.25) is 0 Å². The van der Waals surface area contributed by atoms with Gasteiger partial charge in [-0.15, -0.1) is 0 Å². The average Bonchev–Trinajstić information content (AvgIpc) is 3.09. The van der Waals surface area contributed by atoms with Gasteiger partial charge in [0.25, 0.3) is 5.91 Å². The van der Waals surface area contributed by atoms with Gasteiger partial charge in [0.15, 0.2) is 0 Å². The van der Waals surface area contributed by atoms with Gasteiger partial charge in [-0.1, -0.05) is 17.3 Å². The van der Waals surface area contributed by atoms with Crippen LogP contribution in [0.3, 0.4) is 0 Å². The van der Waals surface area contributed by atoms with E-state index in [1.165, 1.54) is 17.3 Å². The first-order valence-electron chi connectivity index (χ1n) is 6.68. The van der Waals surface area contributed by atoms with E-state index in [1.54, 1.807) is 6.07 Å². The summed E-state index contributed by atoms with van der Waals surface area (Å²) in [6.45, 7) is 2.73. The molecule has 104 valence electrons. The minimum atomic E-state index is -0.237. The number of carbonyl (C=O) groups excluding carboxylic acids is 1. The Morgan fingerprint density at radius 1 is 1.45 bits per heavy atom. The maximum absolute atomic E-state index is 11.8. The zero-order valence-electron chi connectivity index (χ0n) is 11.3. The van der Waals surface area contributed by atoms with Gasteiger partial charge in [-0.3, -0.25) is 4.79 Å². The fourth-order valence-corrected chi connectivity index (χ4v) is 2.40. The molecule has 1 aromatic carbocycles. The second-order valence-electron chi connectivity index (χ2n) is 5.00. The molecule has 0 spiro atoms. The summed E-state index contributed by atoms with van der Waals surface area (Å²) in [5.41, 5.74) is 2.44. The van der Waals surface area contributed by atoms with Gasteiger partial charge in [-0.25, -0.2) is 0 Å². The Balaban J connectivity index is 1.61. The maximum atomic E-state index is 11.8. The van der Waals surface area contributed by atoms with Crippen molar-refractivity contribution in [3.8, 4) is 5.75 Å². The Labute approximate surface area is 116 Å². The van der Waals surface area contributed by atoms with Crippen LogP contribution in [0, 0.1) is 0 Å². The Bertz CT molecular complexity index is 608. The Hall–Kier alpha value is -2.30. The van der Waals surface area contributed by atoms with E-state index < -0.39 is 0 Å². The molecule has 0 bridgehead atoms. The number of carbonyl (C=O) groups is 1. The Morgan fingerprint density at radius 3 is 3.15 bits per heavy atom. The number of amides is 1. The van der Waals surface area contributed by atoms with E-state index in [0.29, 0.717) is 0 Å². The van der Waals surface area contributed by atoms with Crippen LogP contribution in [0.1, 0.15) is 28.6 Å². The number of nitrogens with zero attached hydrogens (tertiary/aromatic N) is 1. The lowest BCUT2D eigenvalue weighted by molar-refractivity contribution is 0.0903. The molecule has 0 saturated heterocycles. The summed E-state index contributed by atoms with van der Waals surface area (Å²) in [4.78, 5) is 11.8. The largest absolute Gasteiger partial charge is 0.493 e. The van der Waals surface area contributed by atoms with E-state index in [2.05, 4.69) is 16.5 Å². The first-order chi connectivity index (χ1) is 9.72. The van der Waals surface area contributed by atoms with Crippen molar-refractivity contribution in [2.24, 2.45) is 0 Å². The quantitative estimate of drug-likeness (QED) is 0.924. The van der Waals surface area contributed by atoms with Gasteiger partial charge in [0.1, 0.15) is 5.75 Å². The molecule has 3 rings (SSSR count). The zero-order chi connectivity index (χ0) is 13.9. The zero-order valence-corrected chi connectivity index (χ0v) is 11.3. The van der Waals surface area contributed by atoms with Crippen molar-refractivity contribution in [2.45, 2.75) is 25.8 Å². The molecule has 1 atom stereocenters. The molecule has 1 aliphatic rings. The maximum Gasteiger partial charge on any atom is 0.290 e. The second kappa shape index (κ2) is 5.36. The molecule has 1 aromatic heterocycles. The van der Waals surface area contributed by atoms with Crippen molar-refractivity contribution in [2.75, 3.05) is 6.61 Å². The number of aromatic nitrogens is 1. The van der Waals surface area contributed by atoms with Gasteiger partial charge in [0, 0.05) is 18.5 Å². The highest BCUT2D eigenvalue weighted by Crippen LogP contribution is 2.26. The van der Waals surface area contributed by atoms with Crippen LogP contribution in [0.5, 0.6) is 5.75 Å². The van der Waals surface area contributed by atoms with Crippen LogP contribution in [0.15, 0.2) is 35.0 Å². The second-order valence-corrected chi connectivity index (χ2v) is 5.00. The van der Waals surface area contributed by atoms with E-state index in [4.69, 9.17) is 9.26 Å². The average molecular weight is 272 g/mol. The fourth-order valence-electron chi connectivity index (χ4n) is 2.40. The first-order valence-corrected chi connectivity index (χ1v) is 6.68.